The van der Waals surface area contributed by atoms with Crippen molar-refractivity contribution in [2.45, 2.75) is 84.5 Å². The quantitative estimate of drug-likeness (QED) is 0.275. The lowest BCUT2D eigenvalue weighted by Gasteiger charge is -2.01. The molecule has 0 aliphatic heterocycles. The van der Waals surface area contributed by atoms with Crippen LogP contribution in [0.1, 0.15) is 84.5 Å². The van der Waals surface area contributed by atoms with E-state index in [9.17, 15) is 4.79 Å². The lowest BCUT2D eigenvalue weighted by atomic mass is 10.0. The average Bonchev–Trinajstić information content (AvgIpc) is 2.47. The molecule has 20 heavy (non-hydrogen) atoms. The molecule has 0 fully saturated rings. The molecule has 0 heterocycles. The first-order valence-corrected chi connectivity index (χ1v) is 8.49. The SMILES string of the molecule is CCCCC/C=C\C/C=C\CCCCCCC(C)[C]=O. The molecule has 1 unspecified atom stereocenters. The zero-order valence-electron chi connectivity index (χ0n) is 13.6. The number of unbranched alkanes of at least 4 members (excludes halogenated alkanes) is 7. The third-order valence-corrected chi connectivity index (χ3v) is 3.54. The van der Waals surface area contributed by atoms with E-state index in [2.05, 4.69) is 31.2 Å². The van der Waals surface area contributed by atoms with Crippen LogP contribution in [0.5, 0.6) is 0 Å². The van der Waals surface area contributed by atoms with Gasteiger partial charge in [-0.1, -0.05) is 70.3 Å². The molecule has 0 aliphatic carbocycles. The minimum atomic E-state index is 0.124. The Morgan fingerprint density at radius 1 is 0.850 bits per heavy atom. The van der Waals surface area contributed by atoms with Crippen LogP contribution < -0.4 is 0 Å². The van der Waals surface area contributed by atoms with Gasteiger partial charge in [-0.2, -0.15) is 0 Å². The van der Waals surface area contributed by atoms with E-state index in [1.165, 1.54) is 57.8 Å². The molecule has 0 aromatic rings. The van der Waals surface area contributed by atoms with Crippen molar-refractivity contribution < 1.29 is 4.79 Å². The number of carbonyl (C=O) groups excluding carboxylic acids is 1. The van der Waals surface area contributed by atoms with Crippen LogP contribution in [0.4, 0.5) is 0 Å². The highest BCUT2D eigenvalue weighted by atomic mass is 16.1. The number of hydrogen-bond acceptors (Lipinski definition) is 1. The Bertz CT molecular complexity index is 252. The molecule has 0 spiro atoms. The first-order chi connectivity index (χ1) is 9.81. The monoisotopic (exact) mass is 277 g/mol. The Kier molecular flexibility index (Phi) is 15.5. The fourth-order valence-corrected chi connectivity index (χ4v) is 2.14. The van der Waals surface area contributed by atoms with Crippen molar-refractivity contribution in [1.29, 1.82) is 0 Å². The van der Waals surface area contributed by atoms with Crippen molar-refractivity contribution in [3.63, 3.8) is 0 Å². The summed E-state index contributed by atoms with van der Waals surface area (Å²) in [6.45, 7) is 4.19. The minimum absolute atomic E-state index is 0.124. The summed E-state index contributed by atoms with van der Waals surface area (Å²) < 4.78 is 0. The molecule has 0 bridgehead atoms. The summed E-state index contributed by atoms with van der Waals surface area (Å²) in [6.07, 6.45) is 24.7. The average molecular weight is 277 g/mol. The van der Waals surface area contributed by atoms with Gasteiger partial charge >= 0.3 is 0 Å². The fraction of sp³-hybridized carbons (Fsp3) is 0.737. The summed E-state index contributed by atoms with van der Waals surface area (Å²) >= 11 is 0. The van der Waals surface area contributed by atoms with E-state index >= 15 is 0 Å². The highest BCUT2D eigenvalue weighted by molar-refractivity contribution is 5.53. The molecule has 0 amide bonds. The second kappa shape index (κ2) is 16.2. The molecule has 1 nitrogen and oxygen atoms in total. The van der Waals surface area contributed by atoms with Crippen LogP contribution in [-0.2, 0) is 4.79 Å². The minimum Gasteiger partial charge on any atom is -0.291 e. The molecule has 0 saturated carbocycles. The Morgan fingerprint density at radius 3 is 2.05 bits per heavy atom. The van der Waals surface area contributed by atoms with E-state index in [0.29, 0.717) is 0 Å². The van der Waals surface area contributed by atoms with Gasteiger partial charge in [0.15, 0.2) is 0 Å². The van der Waals surface area contributed by atoms with Gasteiger partial charge in [-0.3, -0.25) is 4.79 Å². The number of hydrogen-bond donors (Lipinski definition) is 0. The largest absolute Gasteiger partial charge is 0.291 e. The Hall–Kier alpha value is -0.850. The third-order valence-electron chi connectivity index (χ3n) is 3.54. The van der Waals surface area contributed by atoms with Gasteiger partial charge in [0.2, 0.25) is 6.29 Å². The molecule has 1 radical (unpaired) electrons. The standard InChI is InChI=1S/C19H33O/c1-3-4-5-6-7-8-9-10-11-12-13-14-15-16-17-19(2)18-20/h7-8,10-11,19H,3-6,9,12-17H2,1-2H3/b8-7-,11-10-. The second-order valence-electron chi connectivity index (χ2n) is 5.68. The molecule has 0 saturated heterocycles. The van der Waals surface area contributed by atoms with Crippen molar-refractivity contribution in [2.75, 3.05) is 0 Å². The summed E-state index contributed by atoms with van der Waals surface area (Å²) in [5.74, 6) is 0.124. The molecular weight excluding hydrogens is 244 g/mol. The molecule has 0 N–H and O–H groups in total. The van der Waals surface area contributed by atoms with Gasteiger partial charge in [0.05, 0.1) is 0 Å². The Labute approximate surface area is 126 Å². The van der Waals surface area contributed by atoms with Gasteiger partial charge in [0, 0.05) is 5.92 Å². The van der Waals surface area contributed by atoms with Gasteiger partial charge in [0.25, 0.3) is 0 Å². The van der Waals surface area contributed by atoms with Crippen molar-refractivity contribution >= 4 is 6.29 Å². The smallest absolute Gasteiger partial charge is 0.201 e. The lowest BCUT2D eigenvalue weighted by Crippen LogP contribution is -1.94. The van der Waals surface area contributed by atoms with E-state index in [1.54, 1.807) is 0 Å². The van der Waals surface area contributed by atoms with E-state index in [-0.39, 0.29) is 5.92 Å². The van der Waals surface area contributed by atoms with Crippen molar-refractivity contribution in [2.24, 2.45) is 5.92 Å². The summed E-state index contributed by atoms with van der Waals surface area (Å²) in [4.78, 5) is 10.3. The summed E-state index contributed by atoms with van der Waals surface area (Å²) in [6, 6.07) is 0. The number of allylic oxidation sites excluding steroid dienone is 4. The van der Waals surface area contributed by atoms with Crippen LogP contribution in [0.2, 0.25) is 0 Å². The van der Waals surface area contributed by atoms with Gasteiger partial charge in [-0.25, -0.2) is 0 Å². The zero-order chi connectivity index (χ0) is 14.9. The van der Waals surface area contributed by atoms with Crippen LogP contribution >= 0.6 is 0 Å². The first-order valence-electron chi connectivity index (χ1n) is 8.49. The van der Waals surface area contributed by atoms with Crippen molar-refractivity contribution in [3.8, 4) is 0 Å². The Morgan fingerprint density at radius 2 is 1.45 bits per heavy atom. The molecule has 0 aromatic heterocycles. The molecule has 1 heteroatoms. The van der Waals surface area contributed by atoms with E-state index in [1.807, 2.05) is 13.2 Å². The molecule has 115 valence electrons. The van der Waals surface area contributed by atoms with Gasteiger partial charge < -0.3 is 0 Å². The molecule has 0 aliphatic rings. The van der Waals surface area contributed by atoms with Gasteiger partial charge in [-0.05, 0) is 38.5 Å². The lowest BCUT2D eigenvalue weighted by molar-refractivity contribution is 0.504. The third kappa shape index (κ3) is 15.2. The normalized spacial score (nSPS) is 13.3. The number of rotatable bonds is 14. The molecule has 0 rings (SSSR count). The molecular formula is C19H33O. The maximum absolute atomic E-state index is 10.3. The van der Waals surface area contributed by atoms with Gasteiger partial charge in [-0.15, -0.1) is 0 Å². The van der Waals surface area contributed by atoms with Crippen LogP contribution in [-0.4, -0.2) is 6.29 Å². The topological polar surface area (TPSA) is 17.1 Å². The fourth-order valence-electron chi connectivity index (χ4n) is 2.14. The highest BCUT2D eigenvalue weighted by Gasteiger charge is 1.99. The molecule has 1 atom stereocenters. The maximum Gasteiger partial charge on any atom is 0.201 e. The van der Waals surface area contributed by atoms with Crippen LogP contribution in [0, 0.1) is 5.92 Å². The predicted octanol–water partition coefficient (Wildman–Crippen LogP) is 6.16. The maximum atomic E-state index is 10.3. The van der Waals surface area contributed by atoms with Crippen LogP contribution in [0.3, 0.4) is 0 Å². The van der Waals surface area contributed by atoms with Crippen molar-refractivity contribution in [1.82, 2.24) is 0 Å². The van der Waals surface area contributed by atoms with Crippen molar-refractivity contribution in [3.05, 3.63) is 24.3 Å². The zero-order valence-corrected chi connectivity index (χ0v) is 13.6. The second-order valence-corrected chi connectivity index (χ2v) is 5.68. The van der Waals surface area contributed by atoms with Gasteiger partial charge in [0.1, 0.15) is 0 Å². The van der Waals surface area contributed by atoms with Crippen LogP contribution in [0.15, 0.2) is 24.3 Å². The van der Waals surface area contributed by atoms with E-state index in [0.717, 1.165) is 12.8 Å². The summed E-state index contributed by atoms with van der Waals surface area (Å²) in [5.41, 5.74) is 0. The van der Waals surface area contributed by atoms with Crippen LogP contribution in [0.25, 0.3) is 0 Å². The van der Waals surface area contributed by atoms with E-state index < -0.39 is 0 Å². The first kappa shape index (κ1) is 19.1. The molecule has 0 aromatic carbocycles. The summed E-state index contributed by atoms with van der Waals surface area (Å²) in [5, 5.41) is 0. The Balaban J connectivity index is 3.21. The predicted molar refractivity (Wildman–Crippen MR) is 89.6 cm³/mol. The van der Waals surface area contributed by atoms with E-state index in [4.69, 9.17) is 0 Å². The highest BCUT2D eigenvalue weighted by Crippen LogP contribution is 2.10. The summed E-state index contributed by atoms with van der Waals surface area (Å²) in [7, 11) is 0.